The highest BCUT2D eigenvalue weighted by Gasteiger charge is 2.30. The number of hydrogen-bond donors (Lipinski definition) is 0. The van der Waals surface area contributed by atoms with Gasteiger partial charge in [-0.2, -0.15) is 0 Å². The van der Waals surface area contributed by atoms with Gasteiger partial charge in [-0.1, -0.05) is 17.4 Å². The highest BCUT2D eigenvalue weighted by atomic mass is 32.1. The van der Waals surface area contributed by atoms with E-state index in [1.165, 1.54) is 21.8 Å². The van der Waals surface area contributed by atoms with E-state index in [1.807, 2.05) is 21.0 Å². The van der Waals surface area contributed by atoms with Crippen LogP contribution in [-0.2, 0) is 9.59 Å². The van der Waals surface area contributed by atoms with Gasteiger partial charge in [0, 0.05) is 24.9 Å². The lowest BCUT2D eigenvalue weighted by molar-refractivity contribution is -0.121. The molecule has 4 rings (SSSR count). The quantitative estimate of drug-likeness (QED) is 0.491. The third kappa shape index (κ3) is 4.82. The second-order valence-corrected chi connectivity index (χ2v) is 9.72. The number of carbonyl (C=O) groups excluding carboxylic acids is 3. The summed E-state index contributed by atoms with van der Waals surface area (Å²) in [6, 6.07) is 10.9. The topological polar surface area (TPSA) is 73.8 Å². The summed E-state index contributed by atoms with van der Waals surface area (Å²) < 4.78 is 1.06. The highest BCUT2D eigenvalue weighted by Crippen LogP contribution is 2.33. The number of hydrogen-bond acceptors (Lipinski definition) is 6. The van der Waals surface area contributed by atoms with Crippen LogP contribution in [0.1, 0.15) is 40.7 Å². The van der Waals surface area contributed by atoms with Crippen LogP contribution in [0, 0.1) is 13.8 Å². The van der Waals surface area contributed by atoms with E-state index in [0.29, 0.717) is 22.9 Å². The van der Waals surface area contributed by atoms with Crippen LogP contribution in [0.3, 0.4) is 0 Å². The number of thiazole rings is 1. The Balaban J connectivity index is 1.64. The fourth-order valence-corrected chi connectivity index (χ4v) is 5.24. The molecule has 1 aromatic heterocycles. The summed E-state index contributed by atoms with van der Waals surface area (Å²) in [5.74, 6) is -0.554. The molecule has 2 heterocycles. The van der Waals surface area contributed by atoms with Gasteiger partial charge in [-0.05, 0) is 82.4 Å². The number of aryl methyl sites for hydroxylation is 2. The third-order valence-electron chi connectivity index (χ3n) is 5.71. The van der Waals surface area contributed by atoms with Crippen LogP contribution in [0.2, 0.25) is 0 Å². The Morgan fingerprint density at radius 2 is 1.70 bits per heavy atom. The van der Waals surface area contributed by atoms with Gasteiger partial charge in [0.2, 0.25) is 11.8 Å². The zero-order chi connectivity index (χ0) is 23.7. The number of anilines is 2. The number of imide groups is 1. The van der Waals surface area contributed by atoms with Gasteiger partial charge in [0.25, 0.3) is 5.91 Å². The summed E-state index contributed by atoms with van der Waals surface area (Å²) >= 11 is 1.52. The van der Waals surface area contributed by atoms with Crippen LogP contribution in [0.5, 0.6) is 0 Å². The first kappa shape index (κ1) is 23.1. The molecule has 1 aliphatic rings. The molecular formula is C25H28N4O3S. The predicted molar refractivity (Wildman–Crippen MR) is 132 cm³/mol. The smallest absolute Gasteiger partial charge is 0.260 e. The van der Waals surface area contributed by atoms with Gasteiger partial charge in [0.1, 0.15) is 0 Å². The molecule has 0 bridgehead atoms. The third-order valence-corrected chi connectivity index (χ3v) is 6.73. The van der Waals surface area contributed by atoms with Gasteiger partial charge in [0.05, 0.1) is 15.9 Å². The molecule has 172 valence electrons. The van der Waals surface area contributed by atoms with Crippen molar-refractivity contribution in [3.63, 3.8) is 0 Å². The Morgan fingerprint density at radius 1 is 1.03 bits per heavy atom. The Hall–Kier alpha value is -3.10. The lowest BCUT2D eigenvalue weighted by Crippen LogP contribution is -2.33. The lowest BCUT2D eigenvalue weighted by Gasteiger charge is -2.21. The van der Waals surface area contributed by atoms with Crippen LogP contribution in [-0.4, -0.2) is 54.8 Å². The highest BCUT2D eigenvalue weighted by molar-refractivity contribution is 7.22. The normalized spacial score (nSPS) is 14.0. The van der Waals surface area contributed by atoms with E-state index >= 15 is 0 Å². The second kappa shape index (κ2) is 9.41. The van der Waals surface area contributed by atoms with Gasteiger partial charge in [-0.25, -0.2) is 4.98 Å². The molecule has 0 atom stereocenters. The first-order chi connectivity index (χ1) is 15.7. The molecule has 0 aliphatic carbocycles. The average molecular weight is 465 g/mol. The first-order valence-electron chi connectivity index (χ1n) is 11.0. The van der Waals surface area contributed by atoms with E-state index < -0.39 is 0 Å². The van der Waals surface area contributed by atoms with Crippen molar-refractivity contribution in [1.82, 2.24) is 9.88 Å². The largest absolute Gasteiger partial charge is 0.309 e. The second-order valence-electron chi connectivity index (χ2n) is 8.71. The van der Waals surface area contributed by atoms with E-state index in [-0.39, 0.29) is 30.6 Å². The fraction of sp³-hybridized carbons (Fsp3) is 0.360. The molecule has 1 aliphatic heterocycles. The van der Waals surface area contributed by atoms with Gasteiger partial charge in [-0.15, -0.1) is 0 Å². The maximum Gasteiger partial charge on any atom is 0.260 e. The van der Waals surface area contributed by atoms with Crippen molar-refractivity contribution in [1.29, 1.82) is 0 Å². The Morgan fingerprint density at radius 3 is 2.33 bits per heavy atom. The maximum atomic E-state index is 13.5. The summed E-state index contributed by atoms with van der Waals surface area (Å²) in [7, 11) is 4.02. The van der Waals surface area contributed by atoms with Crippen molar-refractivity contribution in [2.24, 2.45) is 0 Å². The van der Waals surface area contributed by atoms with Gasteiger partial charge in [0.15, 0.2) is 5.13 Å². The monoisotopic (exact) mass is 464 g/mol. The molecule has 3 aromatic rings. The Bertz CT molecular complexity index is 1200. The standard InChI is InChI=1S/C25H28N4O3S/c1-16-14-17(2)23-20(15-16)33-25(26-23)28(13-5-12-27(3)4)24(32)18-6-8-19(9-7-18)29-21(30)10-11-22(29)31/h6-9,14-15H,5,10-13H2,1-4H3. The minimum Gasteiger partial charge on any atom is -0.309 e. The SMILES string of the molecule is Cc1cc(C)c2nc(N(CCCN(C)C)C(=O)c3ccc(N4C(=O)CCC4=O)cc3)sc2c1. The van der Waals surface area contributed by atoms with Gasteiger partial charge in [-0.3, -0.25) is 24.2 Å². The van der Waals surface area contributed by atoms with E-state index in [4.69, 9.17) is 4.98 Å². The lowest BCUT2D eigenvalue weighted by atomic mass is 10.1. The van der Waals surface area contributed by atoms with E-state index in [2.05, 4.69) is 24.0 Å². The fourth-order valence-electron chi connectivity index (χ4n) is 4.08. The van der Waals surface area contributed by atoms with Crippen molar-refractivity contribution in [3.05, 3.63) is 53.1 Å². The van der Waals surface area contributed by atoms with Crippen molar-refractivity contribution < 1.29 is 14.4 Å². The summed E-state index contributed by atoms with van der Waals surface area (Å²) in [6.07, 6.45) is 1.27. The number of aromatic nitrogens is 1. The van der Waals surface area contributed by atoms with Crippen LogP contribution < -0.4 is 9.80 Å². The Labute approximate surface area is 197 Å². The molecule has 8 heteroatoms. The van der Waals surface area contributed by atoms with Gasteiger partial charge < -0.3 is 4.90 Å². The van der Waals surface area contributed by atoms with Crippen molar-refractivity contribution in [3.8, 4) is 0 Å². The van der Waals surface area contributed by atoms with Crippen molar-refractivity contribution in [2.45, 2.75) is 33.1 Å². The number of carbonyl (C=O) groups is 3. The van der Waals surface area contributed by atoms with E-state index in [1.54, 1.807) is 29.2 Å². The van der Waals surface area contributed by atoms with E-state index in [0.717, 1.165) is 28.7 Å². The van der Waals surface area contributed by atoms with Crippen molar-refractivity contribution in [2.75, 3.05) is 37.0 Å². The number of rotatable bonds is 7. The maximum absolute atomic E-state index is 13.5. The summed E-state index contributed by atoms with van der Waals surface area (Å²) in [5.41, 5.74) is 4.19. The summed E-state index contributed by atoms with van der Waals surface area (Å²) in [5, 5.41) is 0.677. The molecule has 0 N–H and O–H groups in total. The molecule has 0 radical (unpaired) electrons. The predicted octanol–water partition coefficient (Wildman–Crippen LogP) is 4.17. The molecule has 7 nitrogen and oxygen atoms in total. The molecule has 0 spiro atoms. The molecule has 33 heavy (non-hydrogen) atoms. The van der Waals surface area contributed by atoms with Gasteiger partial charge >= 0.3 is 0 Å². The summed E-state index contributed by atoms with van der Waals surface area (Å²) in [6.45, 7) is 5.49. The minimum absolute atomic E-state index is 0.146. The van der Waals surface area contributed by atoms with Crippen LogP contribution >= 0.6 is 11.3 Å². The molecule has 0 saturated carbocycles. The van der Waals surface area contributed by atoms with Crippen molar-refractivity contribution >= 4 is 50.1 Å². The minimum atomic E-state index is -0.204. The van der Waals surface area contributed by atoms with Crippen LogP contribution in [0.25, 0.3) is 10.2 Å². The average Bonchev–Trinajstić information content (AvgIpc) is 3.33. The molecular weight excluding hydrogens is 436 g/mol. The van der Waals surface area contributed by atoms with E-state index in [9.17, 15) is 14.4 Å². The van der Waals surface area contributed by atoms with Crippen LogP contribution in [0.15, 0.2) is 36.4 Å². The zero-order valence-corrected chi connectivity index (χ0v) is 20.2. The molecule has 0 unspecified atom stereocenters. The number of nitrogens with zero attached hydrogens (tertiary/aromatic N) is 4. The first-order valence-corrected chi connectivity index (χ1v) is 11.9. The molecule has 3 amide bonds. The van der Waals surface area contributed by atoms with Crippen LogP contribution in [0.4, 0.5) is 10.8 Å². The number of fused-ring (bicyclic) bond motifs is 1. The number of amides is 3. The summed E-state index contributed by atoms with van der Waals surface area (Å²) in [4.78, 5) is 47.4. The number of benzene rings is 2. The molecule has 1 fully saturated rings. The molecule has 1 saturated heterocycles. The Kier molecular flexibility index (Phi) is 6.58. The zero-order valence-electron chi connectivity index (χ0n) is 19.4. The molecule has 2 aromatic carbocycles.